The van der Waals surface area contributed by atoms with Crippen LogP contribution in [0.25, 0.3) is 0 Å². The summed E-state index contributed by atoms with van der Waals surface area (Å²) in [5.41, 5.74) is -0.183. The molecule has 2 unspecified atom stereocenters. The van der Waals surface area contributed by atoms with Crippen molar-refractivity contribution in [2.75, 3.05) is 26.8 Å². The second-order valence-corrected chi connectivity index (χ2v) is 9.29. The molecule has 1 spiro atoms. The minimum Gasteiger partial charge on any atom is -0.497 e. The molecule has 4 rings (SSSR count). The van der Waals surface area contributed by atoms with Crippen LogP contribution in [0, 0.1) is 5.82 Å². The van der Waals surface area contributed by atoms with Crippen LogP contribution in [0.2, 0.25) is 0 Å². The third-order valence-electron chi connectivity index (χ3n) is 7.04. The third-order valence-corrected chi connectivity index (χ3v) is 7.04. The van der Waals surface area contributed by atoms with E-state index in [0.717, 1.165) is 6.42 Å². The number of nitrogens with one attached hydrogen (secondary N) is 1. The van der Waals surface area contributed by atoms with Crippen LogP contribution in [0.3, 0.4) is 0 Å². The van der Waals surface area contributed by atoms with Gasteiger partial charge in [-0.2, -0.15) is 0 Å². The zero-order valence-corrected chi connectivity index (χ0v) is 20.8. The molecule has 2 aromatic rings. The van der Waals surface area contributed by atoms with Crippen molar-refractivity contribution in [1.29, 1.82) is 0 Å². The van der Waals surface area contributed by atoms with Gasteiger partial charge in [0.05, 0.1) is 13.7 Å². The van der Waals surface area contributed by atoms with Gasteiger partial charge >= 0.3 is 0 Å². The van der Waals surface area contributed by atoms with Crippen molar-refractivity contribution < 1.29 is 28.2 Å². The maximum Gasteiger partial charge on any atom is 0.256 e. The Morgan fingerprint density at radius 1 is 1.06 bits per heavy atom. The third kappa shape index (κ3) is 5.06. The molecule has 0 saturated carbocycles. The zero-order valence-electron chi connectivity index (χ0n) is 20.8. The number of methoxy groups -OCH3 is 1. The summed E-state index contributed by atoms with van der Waals surface area (Å²) in [6.45, 7) is 4.64. The van der Waals surface area contributed by atoms with E-state index in [9.17, 15) is 18.8 Å². The quantitative estimate of drug-likeness (QED) is 0.662. The fourth-order valence-electron chi connectivity index (χ4n) is 4.71. The number of piperidine rings is 1. The summed E-state index contributed by atoms with van der Waals surface area (Å²) in [4.78, 5) is 43.1. The molecular formula is C27H32FN3O5. The molecule has 2 aliphatic heterocycles. The van der Waals surface area contributed by atoms with Gasteiger partial charge in [0.1, 0.15) is 23.3 Å². The van der Waals surface area contributed by atoms with Crippen LogP contribution in [0.4, 0.5) is 4.39 Å². The van der Waals surface area contributed by atoms with Crippen LogP contribution in [0.15, 0.2) is 48.5 Å². The van der Waals surface area contributed by atoms with Gasteiger partial charge in [-0.15, -0.1) is 0 Å². The van der Waals surface area contributed by atoms with Gasteiger partial charge in [0, 0.05) is 43.1 Å². The van der Waals surface area contributed by atoms with Gasteiger partial charge in [0.2, 0.25) is 5.91 Å². The lowest BCUT2D eigenvalue weighted by Gasteiger charge is -2.44. The van der Waals surface area contributed by atoms with E-state index >= 15 is 0 Å². The highest BCUT2D eigenvalue weighted by Gasteiger charge is 2.54. The number of likely N-dealkylation sites (tertiary alicyclic amines) is 1. The average molecular weight is 498 g/mol. The van der Waals surface area contributed by atoms with Gasteiger partial charge in [-0.3, -0.25) is 19.3 Å². The molecule has 0 aliphatic carbocycles. The van der Waals surface area contributed by atoms with E-state index in [1.807, 2.05) is 13.8 Å². The van der Waals surface area contributed by atoms with Crippen molar-refractivity contribution in [3.05, 3.63) is 65.5 Å². The van der Waals surface area contributed by atoms with Crippen LogP contribution in [0.1, 0.15) is 53.8 Å². The van der Waals surface area contributed by atoms with Gasteiger partial charge in [-0.25, -0.2) is 4.39 Å². The lowest BCUT2D eigenvalue weighted by Crippen LogP contribution is -2.60. The number of benzene rings is 2. The Labute approximate surface area is 210 Å². The zero-order chi connectivity index (χ0) is 25.9. The van der Waals surface area contributed by atoms with E-state index in [4.69, 9.17) is 9.47 Å². The molecule has 0 radical (unpaired) electrons. The smallest absolute Gasteiger partial charge is 0.256 e. The topological polar surface area (TPSA) is 88.2 Å². The molecule has 2 atom stereocenters. The summed E-state index contributed by atoms with van der Waals surface area (Å²) in [5.74, 6) is -0.553. The molecule has 1 N–H and O–H groups in total. The number of nitrogens with zero attached hydrogens (tertiary/aromatic N) is 2. The number of hydrogen-bond acceptors (Lipinski definition) is 5. The molecule has 8 nitrogen and oxygen atoms in total. The minimum atomic E-state index is -1.01. The van der Waals surface area contributed by atoms with Crippen molar-refractivity contribution in [2.24, 2.45) is 0 Å². The second-order valence-electron chi connectivity index (χ2n) is 9.29. The van der Waals surface area contributed by atoms with Crippen LogP contribution in [0.5, 0.6) is 5.75 Å². The summed E-state index contributed by atoms with van der Waals surface area (Å²) < 4.78 is 24.7. The first-order valence-electron chi connectivity index (χ1n) is 12.2. The van der Waals surface area contributed by atoms with E-state index in [-0.39, 0.29) is 30.4 Å². The van der Waals surface area contributed by atoms with Crippen LogP contribution in [-0.2, 0) is 9.53 Å². The Morgan fingerprint density at radius 2 is 1.64 bits per heavy atom. The van der Waals surface area contributed by atoms with Crippen molar-refractivity contribution in [1.82, 2.24) is 15.1 Å². The molecule has 36 heavy (non-hydrogen) atoms. The molecule has 0 aromatic heterocycles. The van der Waals surface area contributed by atoms with Crippen molar-refractivity contribution in [2.45, 2.75) is 50.9 Å². The van der Waals surface area contributed by atoms with E-state index in [2.05, 4.69) is 5.32 Å². The predicted molar refractivity (Wildman–Crippen MR) is 131 cm³/mol. The highest BCUT2D eigenvalue weighted by molar-refractivity contribution is 5.99. The number of amides is 3. The maximum atomic E-state index is 13.8. The molecule has 192 valence electrons. The molecule has 0 bridgehead atoms. The first-order valence-corrected chi connectivity index (χ1v) is 12.2. The SMILES string of the molecule is CCC(C)NC(=O)C1COC2(CCN(C(=O)c3ccc(F)cc3)CC2)N1C(=O)c1ccc(OC)cc1. The summed E-state index contributed by atoms with van der Waals surface area (Å²) >= 11 is 0. The highest BCUT2D eigenvalue weighted by atomic mass is 19.1. The normalized spacial score (nSPS) is 19.7. The largest absolute Gasteiger partial charge is 0.497 e. The van der Waals surface area contributed by atoms with Gasteiger partial charge < -0.3 is 19.7 Å². The molecule has 2 aromatic carbocycles. The average Bonchev–Trinajstić information content (AvgIpc) is 3.27. The Hall–Kier alpha value is -3.46. The van der Waals surface area contributed by atoms with Gasteiger partial charge in [0.15, 0.2) is 0 Å². The molecule has 2 aliphatic rings. The molecule has 2 saturated heterocycles. The fraction of sp³-hybridized carbons (Fsp3) is 0.444. The molecule has 3 amide bonds. The van der Waals surface area contributed by atoms with Gasteiger partial charge in [0.25, 0.3) is 11.8 Å². The van der Waals surface area contributed by atoms with E-state index in [1.54, 1.807) is 41.2 Å². The number of ether oxygens (including phenoxy) is 2. The van der Waals surface area contributed by atoms with Crippen LogP contribution < -0.4 is 10.1 Å². The lowest BCUT2D eigenvalue weighted by atomic mass is 9.96. The summed E-state index contributed by atoms with van der Waals surface area (Å²) in [6, 6.07) is 11.4. The first kappa shape index (κ1) is 25.6. The van der Waals surface area contributed by atoms with Crippen LogP contribution in [-0.4, -0.2) is 72.1 Å². The monoisotopic (exact) mass is 497 g/mol. The summed E-state index contributed by atoms with van der Waals surface area (Å²) in [7, 11) is 1.55. The highest BCUT2D eigenvalue weighted by Crippen LogP contribution is 2.39. The van der Waals surface area contributed by atoms with Crippen molar-refractivity contribution in [3.8, 4) is 5.75 Å². The Morgan fingerprint density at radius 3 is 2.22 bits per heavy atom. The standard InChI is InChI=1S/C27H32FN3O5/c1-4-18(2)29-24(32)23-17-36-27(31(23)26(34)20-7-11-22(35-3)12-8-20)13-15-30(16-14-27)25(33)19-5-9-21(28)10-6-19/h5-12,18,23H,4,13-17H2,1-3H3,(H,29,32). The molecule has 9 heteroatoms. The summed E-state index contributed by atoms with van der Waals surface area (Å²) in [5, 5.41) is 2.97. The number of rotatable bonds is 6. The first-order chi connectivity index (χ1) is 17.3. The van der Waals surface area contributed by atoms with Crippen LogP contribution >= 0.6 is 0 Å². The number of carbonyl (C=O) groups is 3. The maximum absolute atomic E-state index is 13.8. The Balaban J connectivity index is 1.57. The van der Waals surface area contributed by atoms with Crippen molar-refractivity contribution >= 4 is 17.7 Å². The molecular weight excluding hydrogens is 465 g/mol. The Kier molecular flexibility index (Phi) is 7.59. The predicted octanol–water partition coefficient (Wildman–Crippen LogP) is 3.22. The van der Waals surface area contributed by atoms with E-state index < -0.39 is 17.6 Å². The molecule has 2 fully saturated rings. The Bertz CT molecular complexity index is 1100. The minimum absolute atomic E-state index is 0.0397. The van der Waals surface area contributed by atoms with E-state index in [0.29, 0.717) is 42.8 Å². The molecule has 2 heterocycles. The van der Waals surface area contributed by atoms with Crippen molar-refractivity contribution in [3.63, 3.8) is 0 Å². The number of halogens is 1. The van der Waals surface area contributed by atoms with Gasteiger partial charge in [-0.05, 0) is 61.9 Å². The number of carbonyl (C=O) groups excluding carboxylic acids is 3. The number of hydrogen-bond donors (Lipinski definition) is 1. The lowest BCUT2D eigenvalue weighted by molar-refractivity contribution is -0.128. The fourth-order valence-corrected chi connectivity index (χ4v) is 4.71. The second kappa shape index (κ2) is 10.7. The summed E-state index contributed by atoms with van der Waals surface area (Å²) in [6.07, 6.45) is 1.47. The van der Waals surface area contributed by atoms with E-state index in [1.165, 1.54) is 24.3 Å². The van der Waals surface area contributed by atoms with Gasteiger partial charge in [-0.1, -0.05) is 6.92 Å².